The maximum absolute atomic E-state index is 12.4. The number of hydrogen-bond donors (Lipinski definition) is 1. The van der Waals surface area contributed by atoms with Crippen molar-refractivity contribution in [2.75, 3.05) is 24.5 Å². The lowest BCUT2D eigenvalue weighted by atomic mass is 9.93. The molecule has 1 heterocycles. The van der Waals surface area contributed by atoms with Crippen LogP contribution in [-0.2, 0) is 4.79 Å². The number of hydrogen-bond acceptors (Lipinski definition) is 2. The summed E-state index contributed by atoms with van der Waals surface area (Å²) in [4.78, 5) is 14.2. The quantitative estimate of drug-likeness (QED) is 0.902. The largest absolute Gasteiger partial charge is 0.317 e. The Morgan fingerprint density at radius 1 is 1.40 bits per heavy atom. The van der Waals surface area contributed by atoms with E-state index in [1.807, 2.05) is 36.1 Å². The third-order valence-corrected chi connectivity index (χ3v) is 4.20. The smallest absolute Gasteiger partial charge is 0.226 e. The van der Waals surface area contributed by atoms with E-state index in [9.17, 15) is 4.79 Å². The third kappa shape index (κ3) is 4.22. The predicted molar refractivity (Wildman–Crippen MR) is 84.3 cm³/mol. The molecule has 1 fully saturated rings. The van der Waals surface area contributed by atoms with Crippen molar-refractivity contribution < 1.29 is 4.79 Å². The highest BCUT2D eigenvalue weighted by Gasteiger charge is 2.18. The number of benzene rings is 1. The van der Waals surface area contributed by atoms with Crippen molar-refractivity contribution in [3.8, 4) is 0 Å². The molecule has 2 rings (SSSR count). The van der Waals surface area contributed by atoms with Crippen LogP contribution in [0.2, 0.25) is 5.02 Å². The number of carbonyl (C=O) groups is 1. The molecule has 1 aromatic carbocycles. The van der Waals surface area contributed by atoms with Gasteiger partial charge in [-0.3, -0.25) is 4.79 Å². The van der Waals surface area contributed by atoms with Crippen LogP contribution in [0.3, 0.4) is 0 Å². The first-order valence-electron chi connectivity index (χ1n) is 7.47. The fraction of sp³-hybridized carbons (Fsp3) is 0.562. The molecule has 20 heavy (non-hydrogen) atoms. The molecule has 1 aromatic rings. The fourth-order valence-electron chi connectivity index (χ4n) is 2.78. The zero-order valence-corrected chi connectivity index (χ0v) is 12.8. The normalized spacial score (nSPS) is 16.1. The third-order valence-electron chi connectivity index (χ3n) is 3.96. The van der Waals surface area contributed by atoms with Gasteiger partial charge in [0.15, 0.2) is 0 Å². The summed E-state index contributed by atoms with van der Waals surface area (Å²) < 4.78 is 0. The van der Waals surface area contributed by atoms with Crippen molar-refractivity contribution in [2.24, 2.45) is 5.92 Å². The minimum atomic E-state index is 0.202. The summed E-state index contributed by atoms with van der Waals surface area (Å²) in [7, 11) is 0. The van der Waals surface area contributed by atoms with Crippen molar-refractivity contribution in [2.45, 2.75) is 32.6 Å². The van der Waals surface area contributed by atoms with Gasteiger partial charge in [0, 0.05) is 23.7 Å². The van der Waals surface area contributed by atoms with Gasteiger partial charge in [0.2, 0.25) is 5.91 Å². The van der Waals surface area contributed by atoms with Gasteiger partial charge in [-0.05, 0) is 63.4 Å². The molecule has 4 heteroatoms. The topological polar surface area (TPSA) is 32.3 Å². The number of piperidine rings is 1. The van der Waals surface area contributed by atoms with Crippen LogP contribution < -0.4 is 10.2 Å². The van der Waals surface area contributed by atoms with Gasteiger partial charge in [0.1, 0.15) is 0 Å². The van der Waals surface area contributed by atoms with Gasteiger partial charge in [-0.15, -0.1) is 0 Å². The molecule has 1 amide bonds. The van der Waals surface area contributed by atoms with Gasteiger partial charge in [-0.2, -0.15) is 0 Å². The maximum Gasteiger partial charge on any atom is 0.226 e. The summed E-state index contributed by atoms with van der Waals surface area (Å²) in [5.74, 6) is 0.895. The van der Waals surface area contributed by atoms with Crippen molar-refractivity contribution >= 4 is 23.2 Å². The highest BCUT2D eigenvalue weighted by Crippen LogP contribution is 2.22. The van der Waals surface area contributed by atoms with Crippen LogP contribution in [0.4, 0.5) is 5.69 Å². The number of carbonyl (C=O) groups excluding carboxylic acids is 1. The molecule has 1 aliphatic heterocycles. The fourth-order valence-corrected chi connectivity index (χ4v) is 2.96. The number of nitrogens with one attached hydrogen (secondary N) is 1. The van der Waals surface area contributed by atoms with E-state index in [2.05, 4.69) is 5.32 Å². The Morgan fingerprint density at radius 3 is 2.80 bits per heavy atom. The summed E-state index contributed by atoms with van der Waals surface area (Å²) in [6, 6.07) is 7.52. The van der Waals surface area contributed by atoms with Crippen LogP contribution in [0.25, 0.3) is 0 Å². The predicted octanol–water partition coefficient (Wildman–Crippen LogP) is 3.47. The number of rotatable bonds is 5. The second kappa shape index (κ2) is 7.65. The van der Waals surface area contributed by atoms with E-state index in [0.29, 0.717) is 23.9 Å². The van der Waals surface area contributed by atoms with E-state index in [-0.39, 0.29) is 5.91 Å². The van der Waals surface area contributed by atoms with Crippen LogP contribution in [0, 0.1) is 5.92 Å². The molecule has 0 radical (unpaired) electrons. The van der Waals surface area contributed by atoms with E-state index >= 15 is 0 Å². The van der Waals surface area contributed by atoms with Gasteiger partial charge < -0.3 is 10.2 Å². The molecule has 1 saturated heterocycles. The molecule has 0 saturated carbocycles. The molecule has 1 aliphatic rings. The molecule has 110 valence electrons. The first-order chi connectivity index (χ1) is 9.70. The number of anilines is 1. The molecule has 0 atom stereocenters. The molecule has 0 bridgehead atoms. The molecular formula is C16H23ClN2O. The first-order valence-corrected chi connectivity index (χ1v) is 7.85. The van der Waals surface area contributed by atoms with Crippen molar-refractivity contribution in [3.05, 3.63) is 29.3 Å². The van der Waals surface area contributed by atoms with Crippen LogP contribution in [0.5, 0.6) is 0 Å². The molecule has 0 aromatic heterocycles. The standard InChI is InChI=1S/C16H23ClN2O/c1-2-19(15-5-3-4-14(17)12-15)16(20)7-6-13-8-10-18-11-9-13/h3-5,12-13,18H,2,6-11H2,1H3. The molecule has 0 unspecified atom stereocenters. The van der Waals surface area contributed by atoms with E-state index < -0.39 is 0 Å². The lowest BCUT2D eigenvalue weighted by Crippen LogP contribution is -2.32. The monoisotopic (exact) mass is 294 g/mol. The van der Waals surface area contributed by atoms with Crippen molar-refractivity contribution in [1.29, 1.82) is 0 Å². The highest BCUT2D eigenvalue weighted by atomic mass is 35.5. The lowest BCUT2D eigenvalue weighted by Gasteiger charge is -2.25. The number of halogens is 1. The summed E-state index contributed by atoms with van der Waals surface area (Å²) in [5.41, 5.74) is 0.898. The van der Waals surface area contributed by atoms with Crippen LogP contribution in [-0.4, -0.2) is 25.5 Å². The van der Waals surface area contributed by atoms with E-state index in [1.165, 1.54) is 12.8 Å². The van der Waals surface area contributed by atoms with Gasteiger partial charge in [0.25, 0.3) is 0 Å². The van der Waals surface area contributed by atoms with Crippen molar-refractivity contribution in [3.63, 3.8) is 0 Å². The number of amides is 1. The van der Waals surface area contributed by atoms with E-state index in [0.717, 1.165) is 25.2 Å². The zero-order chi connectivity index (χ0) is 14.4. The Labute approximate surface area is 126 Å². The second-order valence-corrected chi connectivity index (χ2v) is 5.79. The summed E-state index contributed by atoms with van der Waals surface area (Å²) in [5, 5.41) is 4.03. The van der Waals surface area contributed by atoms with Gasteiger partial charge in [0.05, 0.1) is 0 Å². The van der Waals surface area contributed by atoms with E-state index in [1.54, 1.807) is 0 Å². The molecule has 1 N–H and O–H groups in total. The maximum atomic E-state index is 12.4. The minimum absolute atomic E-state index is 0.202. The highest BCUT2D eigenvalue weighted by molar-refractivity contribution is 6.30. The van der Waals surface area contributed by atoms with Crippen molar-refractivity contribution in [1.82, 2.24) is 5.32 Å². The van der Waals surface area contributed by atoms with Crippen LogP contribution in [0.15, 0.2) is 24.3 Å². The van der Waals surface area contributed by atoms with Crippen LogP contribution in [0.1, 0.15) is 32.6 Å². The second-order valence-electron chi connectivity index (χ2n) is 5.35. The van der Waals surface area contributed by atoms with E-state index in [4.69, 9.17) is 11.6 Å². The van der Waals surface area contributed by atoms with Crippen LogP contribution >= 0.6 is 11.6 Å². The molecule has 3 nitrogen and oxygen atoms in total. The molecule has 0 spiro atoms. The van der Waals surface area contributed by atoms with Gasteiger partial charge in [-0.25, -0.2) is 0 Å². The average Bonchev–Trinajstić information content (AvgIpc) is 2.47. The lowest BCUT2D eigenvalue weighted by molar-refractivity contribution is -0.118. The first kappa shape index (κ1) is 15.3. The summed E-state index contributed by atoms with van der Waals surface area (Å²) in [6.45, 7) is 4.87. The molecule has 0 aliphatic carbocycles. The average molecular weight is 295 g/mol. The Bertz CT molecular complexity index is 444. The number of nitrogens with zero attached hydrogens (tertiary/aromatic N) is 1. The Morgan fingerprint density at radius 2 is 2.15 bits per heavy atom. The summed E-state index contributed by atoms with van der Waals surface area (Å²) in [6.07, 6.45) is 4.01. The zero-order valence-electron chi connectivity index (χ0n) is 12.1. The van der Waals surface area contributed by atoms with Gasteiger partial charge >= 0.3 is 0 Å². The SMILES string of the molecule is CCN(C(=O)CCC1CCNCC1)c1cccc(Cl)c1. The Hall–Kier alpha value is -1.06. The summed E-state index contributed by atoms with van der Waals surface area (Å²) >= 11 is 6.00. The van der Waals surface area contributed by atoms with Gasteiger partial charge in [-0.1, -0.05) is 17.7 Å². The minimum Gasteiger partial charge on any atom is -0.317 e. The molecular weight excluding hydrogens is 272 g/mol. The Balaban J connectivity index is 1.91. The Kier molecular flexibility index (Phi) is 5.86.